The molecule has 1 aromatic rings. The summed E-state index contributed by atoms with van der Waals surface area (Å²) in [7, 11) is 3.65. The molecule has 2 nitrogen and oxygen atoms in total. The predicted molar refractivity (Wildman–Crippen MR) is 58.8 cm³/mol. The number of nitrogens with zero attached hydrogens (tertiary/aromatic N) is 1. The standard InChI is InChI=1S/C12H15FNO/c1-3-4-5-12(15)14(2)11-8-6-10(13)7-9-11/h6-9H,2-5H2,1H3. The largest absolute Gasteiger partial charge is 0.311 e. The molecule has 0 aliphatic heterocycles. The van der Waals surface area contributed by atoms with E-state index in [9.17, 15) is 9.18 Å². The number of halogens is 1. The van der Waals surface area contributed by atoms with Gasteiger partial charge in [0.1, 0.15) is 5.82 Å². The highest BCUT2D eigenvalue weighted by Gasteiger charge is 2.09. The molecule has 0 spiro atoms. The van der Waals surface area contributed by atoms with E-state index < -0.39 is 0 Å². The monoisotopic (exact) mass is 208 g/mol. The second-order valence-electron chi connectivity index (χ2n) is 3.40. The van der Waals surface area contributed by atoms with Crippen LogP contribution in [0.15, 0.2) is 24.3 Å². The van der Waals surface area contributed by atoms with E-state index in [0.29, 0.717) is 12.1 Å². The molecule has 15 heavy (non-hydrogen) atoms. The van der Waals surface area contributed by atoms with Gasteiger partial charge in [0.2, 0.25) is 5.91 Å². The van der Waals surface area contributed by atoms with Crippen LogP contribution in [0.5, 0.6) is 0 Å². The molecule has 1 aromatic carbocycles. The molecule has 0 atom stereocenters. The fourth-order valence-electron chi connectivity index (χ4n) is 1.23. The number of hydrogen-bond donors (Lipinski definition) is 0. The molecule has 0 aliphatic carbocycles. The van der Waals surface area contributed by atoms with Gasteiger partial charge in [-0.15, -0.1) is 0 Å². The Kier molecular flexibility index (Phi) is 4.28. The molecule has 1 amide bonds. The Morgan fingerprint density at radius 3 is 2.53 bits per heavy atom. The Balaban J connectivity index is 2.63. The van der Waals surface area contributed by atoms with E-state index >= 15 is 0 Å². The van der Waals surface area contributed by atoms with Gasteiger partial charge in [-0.1, -0.05) is 13.3 Å². The fraction of sp³-hybridized carbons (Fsp3) is 0.333. The van der Waals surface area contributed by atoms with Crippen molar-refractivity contribution in [1.29, 1.82) is 0 Å². The fourth-order valence-corrected chi connectivity index (χ4v) is 1.23. The lowest BCUT2D eigenvalue weighted by Crippen LogP contribution is -2.23. The maximum Gasteiger partial charge on any atom is 0.227 e. The Labute approximate surface area is 89.7 Å². The molecule has 0 aromatic heterocycles. The molecule has 0 saturated heterocycles. The highest BCUT2D eigenvalue weighted by atomic mass is 19.1. The molecule has 0 unspecified atom stereocenters. The van der Waals surface area contributed by atoms with Crippen molar-refractivity contribution in [3.8, 4) is 0 Å². The molecule has 0 saturated carbocycles. The summed E-state index contributed by atoms with van der Waals surface area (Å²) >= 11 is 0. The summed E-state index contributed by atoms with van der Waals surface area (Å²) in [6, 6.07) is 5.74. The minimum Gasteiger partial charge on any atom is -0.311 e. The number of carbonyl (C=O) groups is 1. The maximum absolute atomic E-state index is 12.6. The van der Waals surface area contributed by atoms with Gasteiger partial charge in [-0.25, -0.2) is 4.39 Å². The maximum atomic E-state index is 12.6. The van der Waals surface area contributed by atoms with Crippen LogP contribution in [-0.2, 0) is 4.79 Å². The minimum atomic E-state index is -0.312. The van der Waals surface area contributed by atoms with Crippen LogP contribution >= 0.6 is 0 Å². The SMILES string of the molecule is [CH2]N(C(=O)CCCC)c1ccc(F)cc1. The summed E-state index contributed by atoms with van der Waals surface area (Å²) in [5, 5.41) is 0. The van der Waals surface area contributed by atoms with E-state index in [4.69, 9.17) is 0 Å². The number of benzene rings is 1. The first-order valence-corrected chi connectivity index (χ1v) is 5.04. The predicted octanol–water partition coefficient (Wildman–Crippen LogP) is 3.14. The molecule has 1 rings (SSSR count). The quantitative estimate of drug-likeness (QED) is 0.744. The third kappa shape index (κ3) is 3.35. The Morgan fingerprint density at radius 1 is 1.40 bits per heavy atom. The second-order valence-corrected chi connectivity index (χ2v) is 3.40. The zero-order valence-corrected chi connectivity index (χ0v) is 8.87. The summed E-state index contributed by atoms with van der Waals surface area (Å²) in [5.41, 5.74) is 0.623. The van der Waals surface area contributed by atoms with Crippen molar-refractivity contribution >= 4 is 11.6 Å². The van der Waals surface area contributed by atoms with Gasteiger partial charge < -0.3 is 4.90 Å². The van der Waals surface area contributed by atoms with E-state index in [1.54, 1.807) is 12.1 Å². The molecular formula is C12H15FNO. The van der Waals surface area contributed by atoms with Crippen LogP contribution in [0.25, 0.3) is 0 Å². The van der Waals surface area contributed by atoms with E-state index in [1.807, 2.05) is 6.92 Å². The summed E-state index contributed by atoms with van der Waals surface area (Å²) in [6.07, 6.45) is 2.31. The smallest absolute Gasteiger partial charge is 0.227 e. The highest BCUT2D eigenvalue weighted by Crippen LogP contribution is 2.15. The number of carbonyl (C=O) groups excluding carboxylic acids is 1. The number of unbranched alkanes of at least 4 members (excludes halogenated alkanes) is 1. The van der Waals surface area contributed by atoms with Gasteiger partial charge in [0.25, 0.3) is 0 Å². The number of anilines is 1. The van der Waals surface area contributed by atoms with Crippen molar-refractivity contribution in [2.24, 2.45) is 0 Å². The van der Waals surface area contributed by atoms with Crippen LogP contribution in [0.4, 0.5) is 10.1 Å². The molecule has 0 fully saturated rings. The number of rotatable bonds is 4. The normalized spacial score (nSPS) is 10.1. The van der Waals surface area contributed by atoms with Gasteiger partial charge in [0.05, 0.1) is 0 Å². The van der Waals surface area contributed by atoms with E-state index in [1.165, 1.54) is 17.0 Å². The Bertz CT molecular complexity index is 321. The molecule has 81 valence electrons. The van der Waals surface area contributed by atoms with Crippen LogP contribution in [0, 0.1) is 12.9 Å². The van der Waals surface area contributed by atoms with Gasteiger partial charge in [-0.2, -0.15) is 0 Å². The van der Waals surface area contributed by atoms with Crippen LogP contribution in [0.3, 0.4) is 0 Å². The Hall–Kier alpha value is -1.38. The lowest BCUT2D eigenvalue weighted by Gasteiger charge is -2.16. The lowest BCUT2D eigenvalue weighted by molar-refractivity contribution is -0.118. The third-order valence-electron chi connectivity index (χ3n) is 2.18. The first-order valence-electron chi connectivity index (χ1n) is 5.04. The van der Waals surface area contributed by atoms with Gasteiger partial charge in [-0.3, -0.25) is 4.79 Å². The topological polar surface area (TPSA) is 20.3 Å². The van der Waals surface area contributed by atoms with Crippen LogP contribution in [0.1, 0.15) is 26.2 Å². The first-order chi connectivity index (χ1) is 7.15. The zero-order chi connectivity index (χ0) is 11.3. The van der Waals surface area contributed by atoms with Crippen molar-refractivity contribution in [1.82, 2.24) is 0 Å². The number of amides is 1. The molecule has 3 heteroatoms. The van der Waals surface area contributed by atoms with E-state index in [2.05, 4.69) is 7.05 Å². The summed E-state index contributed by atoms with van der Waals surface area (Å²) in [5.74, 6) is -0.350. The van der Waals surface area contributed by atoms with Gasteiger partial charge in [0, 0.05) is 19.2 Å². The van der Waals surface area contributed by atoms with Crippen LogP contribution in [-0.4, -0.2) is 5.91 Å². The Morgan fingerprint density at radius 2 is 2.00 bits per heavy atom. The van der Waals surface area contributed by atoms with E-state index in [-0.39, 0.29) is 11.7 Å². The zero-order valence-electron chi connectivity index (χ0n) is 8.87. The summed E-state index contributed by atoms with van der Waals surface area (Å²) < 4.78 is 12.6. The highest BCUT2D eigenvalue weighted by molar-refractivity contribution is 5.93. The van der Waals surface area contributed by atoms with Crippen molar-refractivity contribution in [3.05, 3.63) is 37.1 Å². The molecular weight excluding hydrogens is 193 g/mol. The third-order valence-corrected chi connectivity index (χ3v) is 2.18. The first kappa shape index (κ1) is 11.7. The van der Waals surface area contributed by atoms with Crippen molar-refractivity contribution in [2.45, 2.75) is 26.2 Å². The average Bonchev–Trinajstić information content (AvgIpc) is 2.26. The van der Waals surface area contributed by atoms with Crippen molar-refractivity contribution in [2.75, 3.05) is 4.90 Å². The average molecular weight is 208 g/mol. The van der Waals surface area contributed by atoms with Gasteiger partial charge in [-0.05, 0) is 30.7 Å². The van der Waals surface area contributed by atoms with Crippen molar-refractivity contribution in [3.63, 3.8) is 0 Å². The molecule has 0 N–H and O–H groups in total. The van der Waals surface area contributed by atoms with Gasteiger partial charge in [0.15, 0.2) is 0 Å². The molecule has 1 radical (unpaired) electrons. The van der Waals surface area contributed by atoms with E-state index in [0.717, 1.165) is 12.8 Å². The number of hydrogen-bond acceptors (Lipinski definition) is 1. The molecule has 0 heterocycles. The summed E-state index contributed by atoms with van der Waals surface area (Å²) in [4.78, 5) is 12.9. The van der Waals surface area contributed by atoms with Crippen LogP contribution in [0.2, 0.25) is 0 Å². The van der Waals surface area contributed by atoms with Gasteiger partial charge >= 0.3 is 0 Å². The van der Waals surface area contributed by atoms with Crippen LogP contribution < -0.4 is 4.90 Å². The molecule has 0 aliphatic rings. The van der Waals surface area contributed by atoms with Crippen molar-refractivity contribution < 1.29 is 9.18 Å². The summed E-state index contributed by atoms with van der Waals surface area (Å²) in [6.45, 7) is 2.03. The second kappa shape index (κ2) is 5.49. The minimum absolute atomic E-state index is 0.0385. The lowest BCUT2D eigenvalue weighted by atomic mass is 10.2. The molecule has 0 bridgehead atoms.